The van der Waals surface area contributed by atoms with Gasteiger partial charge in [-0.25, -0.2) is 5.01 Å². The molecule has 0 saturated carbocycles. The molecule has 0 saturated heterocycles. The maximum absolute atomic E-state index is 12.8. The maximum Gasteiger partial charge on any atom is 0.214 e. The summed E-state index contributed by atoms with van der Waals surface area (Å²) in [5, 5.41) is 6.03. The molecule has 0 atom stereocenters. The second-order valence-corrected chi connectivity index (χ2v) is 5.34. The van der Waals surface area contributed by atoms with E-state index < -0.39 is 0 Å². The average Bonchev–Trinajstić information content (AvgIpc) is 2.55. The fourth-order valence-corrected chi connectivity index (χ4v) is 2.76. The molecule has 2 aromatic carbocycles. The Morgan fingerprint density at radius 3 is 2.09 bits per heavy atom. The number of hydrogen-bond donors (Lipinski definition) is 1. The standard InChI is InChI=1S/C17H15N3OS/c1-2-20(17(18)22)19-15-13-9-5-3-7-11(13)12-8-4-6-10-14(12)16(15)21/h3-10H,2H2,1H3,(H2,18,22). The van der Waals surface area contributed by atoms with Crippen LogP contribution in [0.3, 0.4) is 0 Å². The van der Waals surface area contributed by atoms with Crippen molar-refractivity contribution in [1.82, 2.24) is 5.01 Å². The molecule has 0 radical (unpaired) electrons. The van der Waals surface area contributed by atoms with Gasteiger partial charge in [0.1, 0.15) is 5.71 Å². The summed E-state index contributed by atoms with van der Waals surface area (Å²) in [4.78, 5) is 12.8. The molecular weight excluding hydrogens is 294 g/mol. The number of Topliss-reactive ketones (excluding diaryl/α,β-unsaturated/α-hetero) is 1. The van der Waals surface area contributed by atoms with Gasteiger partial charge in [0.25, 0.3) is 0 Å². The molecule has 110 valence electrons. The van der Waals surface area contributed by atoms with Crippen LogP contribution < -0.4 is 5.73 Å². The van der Waals surface area contributed by atoms with E-state index in [9.17, 15) is 4.79 Å². The fraction of sp³-hybridized carbons (Fsp3) is 0.118. The Morgan fingerprint density at radius 1 is 1.05 bits per heavy atom. The van der Waals surface area contributed by atoms with Gasteiger partial charge in [0.2, 0.25) is 5.78 Å². The lowest BCUT2D eigenvalue weighted by Crippen LogP contribution is -2.34. The molecule has 2 N–H and O–H groups in total. The van der Waals surface area contributed by atoms with Crippen LogP contribution in [0.25, 0.3) is 11.1 Å². The average molecular weight is 309 g/mol. The Balaban J connectivity index is 2.24. The third kappa shape index (κ3) is 2.29. The predicted molar refractivity (Wildman–Crippen MR) is 91.9 cm³/mol. The zero-order chi connectivity index (χ0) is 15.7. The van der Waals surface area contributed by atoms with E-state index in [1.54, 1.807) is 0 Å². The summed E-state index contributed by atoms with van der Waals surface area (Å²) in [7, 11) is 0. The third-order valence-corrected chi connectivity index (χ3v) is 3.84. The lowest BCUT2D eigenvalue weighted by Gasteiger charge is -2.22. The van der Waals surface area contributed by atoms with Gasteiger partial charge in [0.05, 0.1) is 0 Å². The molecule has 2 aromatic rings. The molecule has 0 unspecified atom stereocenters. The number of nitrogens with two attached hydrogens (primary N) is 1. The van der Waals surface area contributed by atoms with Crippen LogP contribution in [0.4, 0.5) is 0 Å². The van der Waals surface area contributed by atoms with E-state index in [2.05, 4.69) is 5.10 Å². The van der Waals surface area contributed by atoms with Crippen molar-refractivity contribution < 1.29 is 4.79 Å². The van der Waals surface area contributed by atoms with E-state index in [4.69, 9.17) is 18.0 Å². The largest absolute Gasteiger partial charge is 0.375 e. The highest BCUT2D eigenvalue weighted by atomic mass is 32.1. The molecule has 0 amide bonds. The number of benzene rings is 2. The van der Waals surface area contributed by atoms with Crippen LogP contribution in [0.2, 0.25) is 0 Å². The van der Waals surface area contributed by atoms with Crippen molar-refractivity contribution >= 4 is 28.8 Å². The van der Waals surface area contributed by atoms with Crippen LogP contribution >= 0.6 is 12.2 Å². The fourth-order valence-electron chi connectivity index (χ4n) is 2.59. The molecule has 0 spiro atoms. The minimum Gasteiger partial charge on any atom is -0.375 e. The van der Waals surface area contributed by atoms with Gasteiger partial charge >= 0.3 is 0 Å². The first-order valence-electron chi connectivity index (χ1n) is 7.02. The predicted octanol–water partition coefficient (Wildman–Crippen LogP) is 2.82. The topological polar surface area (TPSA) is 58.7 Å². The van der Waals surface area contributed by atoms with Gasteiger partial charge in [-0.15, -0.1) is 0 Å². The molecule has 3 rings (SSSR count). The lowest BCUT2D eigenvalue weighted by atomic mass is 9.83. The molecule has 0 fully saturated rings. The summed E-state index contributed by atoms with van der Waals surface area (Å²) in [5.74, 6) is -0.107. The molecular formula is C17H15N3OS. The minimum atomic E-state index is -0.107. The zero-order valence-electron chi connectivity index (χ0n) is 12.1. The summed E-state index contributed by atoms with van der Waals surface area (Å²) in [5.41, 5.74) is 9.43. The second-order valence-electron chi connectivity index (χ2n) is 4.92. The number of hydrogen-bond acceptors (Lipinski definition) is 3. The number of ketones is 1. The molecule has 4 nitrogen and oxygen atoms in total. The Bertz CT molecular complexity index is 798. The van der Waals surface area contributed by atoms with Crippen molar-refractivity contribution in [2.45, 2.75) is 6.92 Å². The minimum absolute atomic E-state index is 0.107. The van der Waals surface area contributed by atoms with E-state index in [-0.39, 0.29) is 10.9 Å². The van der Waals surface area contributed by atoms with Gasteiger partial charge in [-0.1, -0.05) is 48.5 Å². The van der Waals surface area contributed by atoms with Crippen molar-refractivity contribution in [3.63, 3.8) is 0 Å². The Morgan fingerprint density at radius 2 is 1.55 bits per heavy atom. The summed E-state index contributed by atoms with van der Waals surface area (Å²) < 4.78 is 0. The highest BCUT2D eigenvalue weighted by molar-refractivity contribution is 7.80. The van der Waals surface area contributed by atoms with Crippen LogP contribution in [0, 0.1) is 0 Å². The molecule has 0 bridgehead atoms. The summed E-state index contributed by atoms with van der Waals surface area (Å²) in [6.45, 7) is 2.40. The van der Waals surface area contributed by atoms with E-state index in [0.717, 1.165) is 16.7 Å². The van der Waals surface area contributed by atoms with Crippen molar-refractivity contribution in [1.29, 1.82) is 0 Å². The normalized spacial score (nSPS) is 14.4. The third-order valence-electron chi connectivity index (χ3n) is 3.63. The van der Waals surface area contributed by atoms with Crippen molar-refractivity contribution in [3.8, 4) is 11.1 Å². The molecule has 0 aromatic heterocycles. The number of hydrazone groups is 1. The molecule has 0 heterocycles. The van der Waals surface area contributed by atoms with Gasteiger partial charge in [-0.05, 0) is 30.3 Å². The highest BCUT2D eigenvalue weighted by Gasteiger charge is 2.28. The lowest BCUT2D eigenvalue weighted by molar-refractivity contribution is 0.106. The molecule has 0 aliphatic heterocycles. The number of fused-ring (bicyclic) bond motifs is 3. The first-order chi connectivity index (χ1) is 10.6. The van der Waals surface area contributed by atoms with Gasteiger partial charge < -0.3 is 5.73 Å². The van der Waals surface area contributed by atoms with Crippen LogP contribution in [-0.2, 0) is 0 Å². The Kier molecular flexibility index (Phi) is 3.73. The van der Waals surface area contributed by atoms with Gasteiger partial charge in [-0.2, -0.15) is 5.10 Å². The highest BCUT2D eigenvalue weighted by Crippen LogP contribution is 2.33. The second kappa shape index (κ2) is 5.69. The van der Waals surface area contributed by atoms with E-state index in [1.807, 2.05) is 55.5 Å². The van der Waals surface area contributed by atoms with Crippen LogP contribution in [0.15, 0.2) is 53.6 Å². The van der Waals surface area contributed by atoms with Gasteiger partial charge in [0, 0.05) is 17.7 Å². The van der Waals surface area contributed by atoms with Crippen LogP contribution in [-0.4, -0.2) is 28.2 Å². The van der Waals surface area contributed by atoms with E-state index in [0.29, 0.717) is 17.8 Å². The number of rotatable bonds is 2. The van der Waals surface area contributed by atoms with Crippen molar-refractivity contribution in [2.24, 2.45) is 10.8 Å². The van der Waals surface area contributed by atoms with E-state index >= 15 is 0 Å². The number of carbonyl (C=O) groups excluding carboxylic acids is 1. The summed E-state index contributed by atoms with van der Waals surface area (Å²) in [6, 6.07) is 15.3. The first-order valence-corrected chi connectivity index (χ1v) is 7.43. The van der Waals surface area contributed by atoms with Crippen LogP contribution in [0.5, 0.6) is 0 Å². The summed E-state index contributed by atoms with van der Waals surface area (Å²) >= 11 is 4.99. The summed E-state index contributed by atoms with van der Waals surface area (Å²) in [6.07, 6.45) is 0. The molecule has 1 aliphatic carbocycles. The molecule has 22 heavy (non-hydrogen) atoms. The zero-order valence-corrected chi connectivity index (χ0v) is 12.9. The molecule has 5 heteroatoms. The maximum atomic E-state index is 12.8. The SMILES string of the molecule is CCN(N=C1C(=O)c2ccccc2-c2ccccc21)C(N)=S. The number of nitrogens with zero attached hydrogens (tertiary/aromatic N) is 2. The van der Waals surface area contributed by atoms with Crippen molar-refractivity contribution in [3.05, 3.63) is 59.7 Å². The Hall–Kier alpha value is -2.53. The molecule has 1 aliphatic rings. The number of carbonyl (C=O) groups is 1. The quantitative estimate of drug-likeness (QED) is 0.684. The van der Waals surface area contributed by atoms with Gasteiger partial charge in [-0.3, -0.25) is 4.79 Å². The number of thiocarbonyl (C=S) groups is 1. The van der Waals surface area contributed by atoms with Crippen LogP contribution in [0.1, 0.15) is 22.8 Å². The van der Waals surface area contributed by atoms with E-state index in [1.165, 1.54) is 5.01 Å². The smallest absolute Gasteiger partial charge is 0.214 e. The van der Waals surface area contributed by atoms with Gasteiger partial charge in [0.15, 0.2) is 5.11 Å². The first kappa shape index (κ1) is 14.4. The Labute approximate surface area is 134 Å². The van der Waals surface area contributed by atoms with Crippen molar-refractivity contribution in [2.75, 3.05) is 6.54 Å². The monoisotopic (exact) mass is 309 g/mol.